The van der Waals surface area contributed by atoms with Crippen molar-refractivity contribution in [2.45, 2.75) is 59.3 Å². The molecule has 0 aliphatic heterocycles. The summed E-state index contributed by atoms with van der Waals surface area (Å²) < 4.78 is 10.6. The normalized spacial score (nSPS) is 11.6. The van der Waals surface area contributed by atoms with E-state index in [-0.39, 0.29) is 6.54 Å². The van der Waals surface area contributed by atoms with Gasteiger partial charge in [-0.2, -0.15) is 0 Å². The van der Waals surface area contributed by atoms with Crippen molar-refractivity contribution >= 4 is 17.9 Å². The summed E-state index contributed by atoms with van der Waals surface area (Å²) in [6.07, 6.45) is 1.01. The minimum absolute atomic E-state index is 0.126. The molecule has 0 fully saturated rings. The molecule has 0 saturated carbocycles. The maximum atomic E-state index is 12.5. The molecular weight excluding hydrogens is 310 g/mol. The van der Waals surface area contributed by atoms with Gasteiger partial charge >= 0.3 is 12.1 Å². The molecular formula is C17H27N3O4. The van der Waals surface area contributed by atoms with Crippen LogP contribution in [0.2, 0.25) is 0 Å². The van der Waals surface area contributed by atoms with E-state index in [9.17, 15) is 9.59 Å². The van der Waals surface area contributed by atoms with Crippen molar-refractivity contribution in [1.82, 2.24) is 10.3 Å². The molecule has 134 valence electrons. The van der Waals surface area contributed by atoms with Crippen LogP contribution in [0, 0.1) is 0 Å². The number of nitrogens with one attached hydrogen (secondary N) is 2. The molecule has 7 heteroatoms. The van der Waals surface area contributed by atoms with Crippen LogP contribution in [0.4, 0.5) is 10.6 Å². The van der Waals surface area contributed by atoms with Gasteiger partial charge in [-0.25, -0.2) is 14.6 Å². The van der Waals surface area contributed by atoms with Crippen molar-refractivity contribution in [2.75, 3.05) is 12.4 Å². The molecule has 1 rings (SSSR count). The first-order chi connectivity index (χ1) is 10.9. The minimum atomic E-state index is -0.631. The Morgan fingerprint density at radius 1 is 1.08 bits per heavy atom. The lowest BCUT2D eigenvalue weighted by Gasteiger charge is -2.22. The Hall–Kier alpha value is -2.31. The molecule has 0 bridgehead atoms. The number of alkyl carbamates (subject to hydrolysis) is 1. The van der Waals surface area contributed by atoms with Crippen LogP contribution in [-0.2, 0) is 16.0 Å². The number of rotatable bonds is 4. The van der Waals surface area contributed by atoms with Crippen LogP contribution in [0.1, 0.15) is 57.5 Å². The van der Waals surface area contributed by atoms with E-state index < -0.39 is 23.3 Å². The van der Waals surface area contributed by atoms with Crippen molar-refractivity contribution in [1.29, 1.82) is 0 Å². The number of hydrogen-bond donors (Lipinski definition) is 2. The highest BCUT2D eigenvalue weighted by atomic mass is 16.6. The summed E-state index contributed by atoms with van der Waals surface area (Å²) in [5, 5.41) is 5.51. The van der Waals surface area contributed by atoms with E-state index in [1.165, 1.54) is 0 Å². The fourth-order valence-electron chi connectivity index (χ4n) is 1.88. The van der Waals surface area contributed by atoms with Crippen LogP contribution in [0.25, 0.3) is 0 Å². The lowest BCUT2D eigenvalue weighted by atomic mass is 10.1. The second-order valence-electron chi connectivity index (χ2n) is 7.30. The molecule has 0 aromatic carbocycles. The number of ether oxygens (including phenoxy) is 2. The standard InChI is InChI=1S/C17H27N3O4/c1-16(2,3)23-14(21)12-11(8-9-19-13(12)18-7)10-20-15(22)24-17(4,5)6/h8-9H,10H2,1-7H3,(H,18,19)(H,20,22). The molecule has 0 aliphatic rings. The number of aromatic nitrogens is 1. The van der Waals surface area contributed by atoms with E-state index in [1.807, 2.05) is 0 Å². The monoisotopic (exact) mass is 337 g/mol. The molecule has 1 amide bonds. The molecule has 24 heavy (non-hydrogen) atoms. The predicted molar refractivity (Wildman–Crippen MR) is 92.0 cm³/mol. The third kappa shape index (κ3) is 6.44. The third-order valence-corrected chi connectivity index (χ3v) is 2.70. The van der Waals surface area contributed by atoms with Gasteiger partial charge in [0.15, 0.2) is 0 Å². The summed E-state index contributed by atoms with van der Waals surface area (Å²) in [6.45, 7) is 10.8. The first-order valence-corrected chi connectivity index (χ1v) is 7.79. The molecule has 0 radical (unpaired) electrons. The first kappa shape index (κ1) is 19.7. The average Bonchev–Trinajstić information content (AvgIpc) is 2.40. The quantitative estimate of drug-likeness (QED) is 0.821. The predicted octanol–water partition coefficient (Wildman–Crippen LogP) is 3.10. The van der Waals surface area contributed by atoms with Crippen LogP contribution in [0.3, 0.4) is 0 Å². The summed E-state index contributed by atoms with van der Waals surface area (Å²) in [5.74, 6) is -0.103. The zero-order valence-corrected chi connectivity index (χ0v) is 15.4. The maximum absolute atomic E-state index is 12.5. The topological polar surface area (TPSA) is 89.5 Å². The van der Waals surface area contributed by atoms with Gasteiger partial charge in [-0.15, -0.1) is 0 Å². The molecule has 0 unspecified atom stereocenters. The minimum Gasteiger partial charge on any atom is -0.456 e. The zero-order valence-electron chi connectivity index (χ0n) is 15.4. The number of amides is 1. The van der Waals surface area contributed by atoms with Crippen molar-refractivity contribution in [3.8, 4) is 0 Å². The Balaban J connectivity index is 2.99. The van der Waals surface area contributed by atoms with Crippen LogP contribution >= 0.6 is 0 Å². The molecule has 1 aromatic heterocycles. The Morgan fingerprint density at radius 3 is 2.17 bits per heavy atom. The van der Waals surface area contributed by atoms with E-state index in [0.29, 0.717) is 16.9 Å². The largest absolute Gasteiger partial charge is 0.456 e. The van der Waals surface area contributed by atoms with E-state index in [1.54, 1.807) is 60.9 Å². The number of hydrogen-bond acceptors (Lipinski definition) is 6. The molecule has 0 aliphatic carbocycles. The highest BCUT2D eigenvalue weighted by Gasteiger charge is 2.24. The van der Waals surface area contributed by atoms with Gasteiger partial charge in [-0.3, -0.25) is 0 Å². The lowest BCUT2D eigenvalue weighted by molar-refractivity contribution is 0.00679. The number of carbonyl (C=O) groups is 2. The van der Waals surface area contributed by atoms with E-state index in [4.69, 9.17) is 9.47 Å². The molecule has 0 saturated heterocycles. The van der Waals surface area contributed by atoms with Crippen molar-refractivity contribution < 1.29 is 19.1 Å². The molecule has 7 nitrogen and oxygen atoms in total. The van der Waals surface area contributed by atoms with E-state index in [0.717, 1.165) is 0 Å². The molecule has 2 N–H and O–H groups in total. The number of carbonyl (C=O) groups excluding carboxylic acids is 2. The zero-order chi connectivity index (χ0) is 18.5. The van der Waals surface area contributed by atoms with Crippen molar-refractivity contribution in [2.24, 2.45) is 0 Å². The molecule has 1 aromatic rings. The van der Waals surface area contributed by atoms with Crippen LogP contribution < -0.4 is 10.6 Å². The van der Waals surface area contributed by atoms with Crippen LogP contribution in [0.5, 0.6) is 0 Å². The lowest BCUT2D eigenvalue weighted by Crippen LogP contribution is -2.33. The highest BCUT2D eigenvalue weighted by molar-refractivity contribution is 5.96. The maximum Gasteiger partial charge on any atom is 0.407 e. The Bertz CT molecular complexity index is 601. The Labute approximate surface area is 143 Å². The van der Waals surface area contributed by atoms with Crippen molar-refractivity contribution in [3.05, 3.63) is 23.4 Å². The van der Waals surface area contributed by atoms with Gasteiger partial charge in [-0.1, -0.05) is 0 Å². The fraction of sp³-hybridized carbons (Fsp3) is 0.588. The smallest absolute Gasteiger partial charge is 0.407 e. The number of anilines is 1. The van der Waals surface area contributed by atoms with Crippen molar-refractivity contribution in [3.63, 3.8) is 0 Å². The van der Waals surface area contributed by atoms with Gasteiger partial charge in [0.05, 0.1) is 0 Å². The Morgan fingerprint density at radius 2 is 1.67 bits per heavy atom. The molecule has 0 spiro atoms. The first-order valence-electron chi connectivity index (χ1n) is 7.79. The number of pyridine rings is 1. The van der Waals surface area contributed by atoms with E-state index >= 15 is 0 Å². The van der Waals surface area contributed by atoms with Gasteiger partial charge in [0.25, 0.3) is 0 Å². The number of esters is 1. The molecule has 0 atom stereocenters. The summed E-state index contributed by atoms with van der Waals surface area (Å²) >= 11 is 0. The Kier molecular flexibility index (Phi) is 6.17. The van der Waals surface area contributed by atoms with Gasteiger partial charge in [0, 0.05) is 19.8 Å². The van der Waals surface area contributed by atoms with Gasteiger partial charge in [0.1, 0.15) is 22.6 Å². The average molecular weight is 337 g/mol. The van der Waals surface area contributed by atoms with Crippen LogP contribution in [-0.4, -0.2) is 35.3 Å². The number of nitrogens with zero attached hydrogens (tertiary/aromatic N) is 1. The summed E-state index contributed by atoms with van der Waals surface area (Å²) in [7, 11) is 1.67. The summed E-state index contributed by atoms with van der Waals surface area (Å²) in [6, 6.07) is 1.66. The highest BCUT2D eigenvalue weighted by Crippen LogP contribution is 2.21. The van der Waals surface area contributed by atoms with Gasteiger partial charge < -0.3 is 20.1 Å². The van der Waals surface area contributed by atoms with E-state index in [2.05, 4.69) is 15.6 Å². The summed E-state index contributed by atoms with van der Waals surface area (Å²) in [4.78, 5) is 28.4. The SMILES string of the molecule is CNc1nccc(CNC(=O)OC(C)(C)C)c1C(=O)OC(C)(C)C. The van der Waals surface area contributed by atoms with Gasteiger partial charge in [-0.05, 0) is 53.2 Å². The van der Waals surface area contributed by atoms with Gasteiger partial charge in [0.2, 0.25) is 0 Å². The molecule has 1 heterocycles. The second-order valence-corrected chi connectivity index (χ2v) is 7.30. The third-order valence-electron chi connectivity index (χ3n) is 2.70. The van der Waals surface area contributed by atoms with Crippen LogP contribution in [0.15, 0.2) is 12.3 Å². The summed E-state index contributed by atoms with van der Waals surface area (Å²) in [5.41, 5.74) is -0.333. The fourth-order valence-corrected chi connectivity index (χ4v) is 1.88. The second kappa shape index (κ2) is 7.51.